The van der Waals surface area contributed by atoms with Crippen molar-refractivity contribution in [2.24, 2.45) is 0 Å². The minimum Gasteiger partial charge on any atom is -0.253 e. The van der Waals surface area contributed by atoms with Crippen LogP contribution in [0.3, 0.4) is 0 Å². The normalized spacial score (nSPS) is 9.15. The van der Waals surface area contributed by atoms with Gasteiger partial charge in [0.05, 0.1) is 5.51 Å². The summed E-state index contributed by atoms with van der Waals surface area (Å²) in [5.41, 5.74) is 1.83. The third-order valence-electron chi connectivity index (χ3n) is 1.15. The van der Waals surface area contributed by atoms with Crippen molar-refractivity contribution in [2.45, 2.75) is 13.8 Å². The fraction of sp³-hybridized carbons (Fsp3) is 0.250. The Balaban J connectivity index is 0.000000132. The van der Waals surface area contributed by atoms with Crippen molar-refractivity contribution >= 4 is 45.3 Å². The highest BCUT2D eigenvalue weighted by molar-refractivity contribution is 14.1. The first-order valence-corrected chi connectivity index (χ1v) is 6.39. The maximum atomic E-state index is 4.02. The Kier molecular flexibility index (Phi) is 4.82. The van der Waals surface area contributed by atoms with E-state index in [0.717, 1.165) is 3.01 Å². The Morgan fingerprint density at radius 1 is 1.23 bits per heavy atom. The molecule has 0 aromatic carbocycles. The van der Waals surface area contributed by atoms with Gasteiger partial charge in [-0.2, -0.15) is 0 Å². The van der Waals surface area contributed by atoms with Gasteiger partial charge in [0.2, 0.25) is 0 Å². The molecule has 0 aliphatic carbocycles. The van der Waals surface area contributed by atoms with Gasteiger partial charge in [-0.25, -0.2) is 4.98 Å². The third kappa shape index (κ3) is 4.68. The fourth-order valence-electron chi connectivity index (χ4n) is 0.607. The second-order valence-electron chi connectivity index (χ2n) is 2.34. The van der Waals surface area contributed by atoms with Crippen LogP contribution in [0.1, 0.15) is 9.75 Å². The summed E-state index contributed by atoms with van der Waals surface area (Å²) in [6.07, 6.45) is 3.73. The van der Waals surface area contributed by atoms with Crippen molar-refractivity contribution in [1.82, 2.24) is 9.97 Å². The number of nitrogens with zero attached hydrogens (tertiary/aromatic N) is 2. The lowest BCUT2D eigenvalue weighted by molar-refractivity contribution is 1.35. The lowest BCUT2D eigenvalue weighted by atomic mass is 10.7. The maximum absolute atomic E-state index is 4.02. The number of hydrogen-bond donors (Lipinski definition) is 0. The minimum absolute atomic E-state index is 1.12. The van der Waals surface area contributed by atoms with E-state index in [0.29, 0.717) is 0 Å². The van der Waals surface area contributed by atoms with E-state index in [2.05, 4.69) is 39.5 Å². The first-order valence-electron chi connectivity index (χ1n) is 3.61. The molecule has 0 radical (unpaired) electrons. The molecule has 0 atom stereocenters. The first-order chi connectivity index (χ1) is 6.18. The minimum atomic E-state index is 1.12. The molecule has 0 fully saturated rings. The van der Waals surface area contributed by atoms with Crippen LogP contribution in [0.15, 0.2) is 17.9 Å². The monoisotopic (exact) mass is 324 g/mol. The zero-order valence-corrected chi connectivity index (χ0v) is 11.1. The maximum Gasteiger partial charge on any atom is 0.153 e. The number of aryl methyl sites for hydroxylation is 2. The molecule has 5 heteroatoms. The van der Waals surface area contributed by atoms with Gasteiger partial charge in [-0.1, -0.05) is 0 Å². The van der Waals surface area contributed by atoms with Crippen molar-refractivity contribution in [3.63, 3.8) is 0 Å². The van der Waals surface area contributed by atoms with E-state index in [-0.39, 0.29) is 0 Å². The lowest BCUT2D eigenvalue weighted by Crippen LogP contribution is -1.55. The summed E-state index contributed by atoms with van der Waals surface area (Å²) in [5.74, 6) is 0. The first kappa shape index (κ1) is 11.1. The van der Waals surface area contributed by atoms with Crippen LogP contribution in [0.25, 0.3) is 0 Å². The van der Waals surface area contributed by atoms with Crippen LogP contribution < -0.4 is 0 Å². The average molecular weight is 324 g/mol. The molecular formula is C8H9IN2S2. The highest BCUT2D eigenvalue weighted by Gasteiger charge is 1.88. The molecule has 70 valence electrons. The van der Waals surface area contributed by atoms with E-state index in [1.54, 1.807) is 22.7 Å². The van der Waals surface area contributed by atoms with Gasteiger partial charge >= 0.3 is 0 Å². The summed E-state index contributed by atoms with van der Waals surface area (Å²) in [6, 6.07) is 0. The Morgan fingerprint density at radius 3 is 2.15 bits per heavy atom. The smallest absolute Gasteiger partial charge is 0.153 e. The largest absolute Gasteiger partial charge is 0.253 e. The van der Waals surface area contributed by atoms with Gasteiger partial charge in [-0.05, 0) is 36.4 Å². The Labute approximate surface area is 99.2 Å². The van der Waals surface area contributed by atoms with Crippen molar-refractivity contribution in [3.05, 3.63) is 30.7 Å². The summed E-state index contributed by atoms with van der Waals surface area (Å²) in [5, 5.41) is 0. The number of hydrogen-bond acceptors (Lipinski definition) is 4. The summed E-state index contributed by atoms with van der Waals surface area (Å²) in [7, 11) is 0. The van der Waals surface area contributed by atoms with Gasteiger partial charge in [-0.15, -0.1) is 22.7 Å². The van der Waals surface area contributed by atoms with Crippen molar-refractivity contribution in [3.8, 4) is 0 Å². The molecule has 2 nitrogen and oxygen atoms in total. The van der Waals surface area contributed by atoms with Crippen LogP contribution in [-0.4, -0.2) is 9.97 Å². The van der Waals surface area contributed by atoms with Crippen molar-refractivity contribution in [2.75, 3.05) is 0 Å². The third-order valence-corrected chi connectivity index (χ3v) is 3.49. The standard InChI is InChI=1S/C4H4INS.C4H5NS/c1-3-2-6-4(5)7-3;1-4-2-5-3-6-4/h2H,1H3;2-3H,1H3. The number of thiazole rings is 2. The van der Waals surface area contributed by atoms with Gasteiger partial charge in [0.15, 0.2) is 3.01 Å². The predicted molar refractivity (Wildman–Crippen MR) is 66.4 cm³/mol. The summed E-state index contributed by atoms with van der Waals surface area (Å²) < 4.78 is 1.12. The molecule has 0 bridgehead atoms. The van der Waals surface area contributed by atoms with Crippen molar-refractivity contribution < 1.29 is 0 Å². The van der Waals surface area contributed by atoms with E-state index >= 15 is 0 Å². The molecule has 0 N–H and O–H groups in total. The molecule has 2 heterocycles. The number of halogens is 1. The van der Waals surface area contributed by atoms with E-state index < -0.39 is 0 Å². The Morgan fingerprint density at radius 2 is 2.00 bits per heavy atom. The molecule has 0 unspecified atom stereocenters. The van der Waals surface area contributed by atoms with E-state index in [9.17, 15) is 0 Å². The van der Waals surface area contributed by atoms with Gasteiger partial charge < -0.3 is 0 Å². The van der Waals surface area contributed by atoms with Gasteiger partial charge in [0.1, 0.15) is 0 Å². The molecule has 2 aromatic heterocycles. The van der Waals surface area contributed by atoms with Gasteiger partial charge in [0, 0.05) is 22.1 Å². The molecule has 0 amide bonds. The average Bonchev–Trinajstić information content (AvgIpc) is 2.64. The Bertz CT molecular complexity index is 326. The summed E-state index contributed by atoms with van der Waals surface area (Å²) in [4.78, 5) is 10.4. The topological polar surface area (TPSA) is 25.8 Å². The second-order valence-corrected chi connectivity index (χ2v) is 6.41. The predicted octanol–water partition coefficient (Wildman–Crippen LogP) is 3.51. The molecule has 0 aliphatic heterocycles. The summed E-state index contributed by atoms with van der Waals surface area (Å²) in [6.45, 7) is 4.09. The molecule has 2 rings (SSSR count). The molecule has 0 aliphatic rings. The quantitative estimate of drug-likeness (QED) is 0.693. The van der Waals surface area contributed by atoms with Crippen LogP contribution in [0.2, 0.25) is 0 Å². The van der Waals surface area contributed by atoms with E-state index in [1.165, 1.54) is 9.75 Å². The molecule has 13 heavy (non-hydrogen) atoms. The zero-order valence-electron chi connectivity index (χ0n) is 7.32. The molecular weight excluding hydrogens is 315 g/mol. The highest BCUT2D eigenvalue weighted by atomic mass is 127. The molecule has 0 saturated heterocycles. The summed E-state index contributed by atoms with van der Waals surface area (Å²) >= 11 is 5.59. The zero-order chi connectivity index (χ0) is 9.68. The molecule has 0 saturated carbocycles. The van der Waals surface area contributed by atoms with E-state index in [1.807, 2.05) is 24.8 Å². The van der Waals surface area contributed by atoms with Crippen LogP contribution in [0, 0.1) is 16.9 Å². The van der Waals surface area contributed by atoms with Crippen LogP contribution in [0.5, 0.6) is 0 Å². The van der Waals surface area contributed by atoms with Crippen LogP contribution >= 0.6 is 45.3 Å². The van der Waals surface area contributed by atoms with Gasteiger partial charge in [0.25, 0.3) is 0 Å². The molecule has 2 aromatic rings. The van der Waals surface area contributed by atoms with Gasteiger partial charge in [-0.3, -0.25) is 4.98 Å². The fourth-order valence-corrected chi connectivity index (χ4v) is 2.67. The SMILES string of the molecule is Cc1cnc(I)s1.Cc1cncs1. The number of aromatic nitrogens is 2. The molecule has 0 spiro atoms. The van der Waals surface area contributed by atoms with Crippen molar-refractivity contribution in [1.29, 1.82) is 0 Å². The van der Waals surface area contributed by atoms with E-state index in [4.69, 9.17) is 0 Å². The Hall–Kier alpha value is -0.0100. The lowest BCUT2D eigenvalue weighted by Gasteiger charge is -1.66. The van der Waals surface area contributed by atoms with Crippen LogP contribution in [0.4, 0.5) is 0 Å². The number of rotatable bonds is 0. The highest BCUT2D eigenvalue weighted by Crippen LogP contribution is 2.12. The second kappa shape index (κ2) is 5.66. The van der Waals surface area contributed by atoms with Crippen LogP contribution in [-0.2, 0) is 0 Å².